The van der Waals surface area contributed by atoms with Gasteiger partial charge < -0.3 is 0 Å². The number of benzene rings is 1. The summed E-state index contributed by atoms with van der Waals surface area (Å²) in [6.45, 7) is 0. The molecule has 0 saturated heterocycles. The predicted octanol–water partition coefficient (Wildman–Crippen LogP) is 6.56. The lowest BCUT2D eigenvalue weighted by Crippen LogP contribution is -2.06. The van der Waals surface area contributed by atoms with Gasteiger partial charge in [0.2, 0.25) is 0 Å². The molecule has 2 rings (SSSR count). The van der Waals surface area contributed by atoms with E-state index in [4.69, 9.17) is 0 Å². The fourth-order valence-corrected chi connectivity index (χ4v) is 3.64. The van der Waals surface area contributed by atoms with E-state index in [0.29, 0.717) is 17.7 Å². The van der Waals surface area contributed by atoms with E-state index in [1.807, 2.05) is 6.08 Å². The van der Waals surface area contributed by atoms with Crippen LogP contribution in [-0.2, 0) is 6.18 Å². The van der Waals surface area contributed by atoms with Crippen molar-refractivity contribution in [3.05, 3.63) is 53.4 Å². The minimum absolute atomic E-state index is 0.160. The van der Waals surface area contributed by atoms with Gasteiger partial charge in [-0.3, -0.25) is 0 Å². The molecule has 0 fully saturated rings. The van der Waals surface area contributed by atoms with Crippen LogP contribution in [0.1, 0.15) is 24.8 Å². The molecule has 1 aromatic carbocycles. The highest BCUT2D eigenvalue weighted by Gasteiger charge is 2.30. The fraction of sp³-hybridized carbons (Fsp3) is 0.375. The largest absolute Gasteiger partial charge is 0.416 e. The van der Waals surface area contributed by atoms with Gasteiger partial charge in [-0.25, -0.2) is 4.39 Å². The van der Waals surface area contributed by atoms with Gasteiger partial charge in [-0.05, 0) is 53.5 Å². The third-order valence-electron chi connectivity index (χ3n) is 3.26. The number of thioether (sulfide) groups is 1. The number of halogens is 5. The first-order valence-corrected chi connectivity index (χ1v) is 9.27. The molecule has 120 valence electrons. The second-order valence-corrected chi connectivity index (χ2v) is 7.35. The molecule has 22 heavy (non-hydrogen) atoms. The summed E-state index contributed by atoms with van der Waals surface area (Å²) in [6.07, 6.45) is 1.33. The van der Waals surface area contributed by atoms with E-state index in [1.165, 1.54) is 23.9 Å². The summed E-state index contributed by atoms with van der Waals surface area (Å²) in [6, 6.07) is 5.17. The van der Waals surface area contributed by atoms with Crippen LogP contribution < -0.4 is 0 Å². The molecule has 0 saturated carbocycles. The van der Waals surface area contributed by atoms with Crippen molar-refractivity contribution in [2.75, 3.05) is 4.43 Å². The van der Waals surface area contributed by atoms with Crippen LogP contribution in [-0.4, -0.2) is 9.68 Å². The monoisotopic (exact) mass is 442 g/mol. The molecule has 1 aromatic rings. The van der Waals surface area contributed by atoms with E-state index >= 15 is 0 Å². The number of allylic oxidation sites excluding steroid dienone is 3. The Hall–Kier alpha value is -0.500. The highest BCUT2D eigenvalue weighted by Crippen LogP contribution is 2.36. The summed E-state index contributed by atoms with van der Waals surface area (Å²) < 4.78 is 53.0. The Kier molecular flexibility index (Phi) is 6.37. The molecule has 6 heteroatoms. The van der Waals surface area contributed by atoms with Crippen molar-refractivity contribution in [3.8, 4) is 0 Å². The maximum Gasteiger partial charge on any atom is 0.416 e. The third-order valence-corrected chi connectivity index (χ3v) is 5.18. The molecular formula is C16H15F4IS. The maximum absolute atomic E-state index is 14.0. The number of alkyl halides is 4. The van der Waals surface area contributed by atoms with Gasteiger partial charge >= 0.3 is 6.18 Å². The third kappa shape index (κ3) is 5.01. The Morgan fingerprint density at radius 3 is 2.68 bits per heavy atom. The van der Waals surface area contributed by atoms with Gasteiger partial charge in [-0.15, -0.1) is 11.8 Å². The lowest BCUT2D eigenvalue weighted by Gasteiger charge is -2.18. The number of hydrogen-bond donors (Lipinski definition) is 0. The molecule has 1 atom stereocenters. The average molecular weight is 442 g/mol. The van der Waals surface area contributed by atoms with Crippen LogP contribution in [0.25, 0.3) is 0 Å². The Morgan fingerprint density at radius 2 is 2.05 bits per heavy atom. The Labute approximate surface area is 145 Å². The molecule has 0 bridgehead atoms. The molecule has 1 aliphatic rings. The zero-order valence-corrected chi connectivity index (χ0v) is 14.6. The second-order valence-electron chi connectivity index (χ2n) is 4.95. The first-order chi connectivity index (χ1) is 10.4. The molecular weight excluding hydrogens is 427 g/mol. The summed E-state index contributed by atoms with van der Waals surface area (Å²) in [4.78, 5) is 0.507. The van der Waals surface area contributed by atoms with E-state index in [9.17, 15) is 17.6 Å². The van der Waals surface area contributed by atoms with Crippen molar-refractivity contribution in [2.45, 2.75) is 35.6 Å². The Morgan fingerprint density at radius 1 is 1.27 bits per heavy atom. The molecule has 0 heterocycles. The summed E-state index contributed by atoms with van der Waals surface area (Å²) in [5.74, 6) is -0.236. The van der Waals surface area contributed by atoms with Crippen molar-refractivity contribution in [1.82, 2.24) is 0 Å². The molecule has 0 radical (unpaired) electrons. The highest BCUT2D eigenvalue weighted by atomic mass is 127. The SMILES string of the molecule is FC1=CC(Sc2cccc(C(F)(F)F)c2)CC=C1CCCI. The van der Waals surface area contributed by atoms with Crippen LogP contribution in [0.15, 0.2) is 52.7 Å². The molecule has 0 nitrogen and oxygen atoms in total. The minimum Gasteiger partial charge on any atom is -0.207 e. The molecule has 0 amide bonds. The maximum atomic E-state index is 14.0. The van der Waals surface area contributed by atoms with Gasteiger partial charge in [-0.1, -0.05) is 34.7 Å². The standard InChI is InChI=1S/C16H15F4IS/c17-15-10-14(7-6-11(15)3-2-8-21)22-13-5-1-4-12(9-13)16(18,19)20/h1,4-6,9-10,14H,2-3,7-8H2. The lowest BCUT2D eigenvalue weighted by atomic mass is 10.0. The van der Waals surface area contributed by atoms with E-state index in [-0.39, 0.29) is 11.1 Å². The first-order valence-electron chi connectivity index (χ1n) is 6.87. The molecule has 0 spiro atoms. The van der Waals surface area contributed by atoms with Crippen molar-refractivity contribution >= 4 is 34.4 Å². The van der Waals surface area contributed by atoms with Crippen LogP contribution >= 0.6 is 34.4 Å². The zero-order chi connectivity index (χ0) is 16.2. The van der Waals surface area contributed by atoms with Crippen molar-refractivity contribution < 1.29 is 17.6 Å². The minimum atomic E-state index is -4.35. The summed E-state index contributed by atoms with van der Waals surface area (Å²) in [5, 5.41) is -0.160. The van der Waals surface area contributed by atoms with E-state index in [1.54, 1.807) is 6.07 Å². The summed E-state index contributed by atoms with van der Waals surface area (Å²) >= 11 is 3.52. The smallest absolute Gasteiger partial charge is 0.207 e. The number of hydrogen-bond acceptors (Lipinski definition) is 1. The number of rotatable bonds is 5. The molecule has 1 unspecified atom stereocenters. The Balaban J connectivity index is 2.03. The molecule has 0 aliphatic heterocycles. The predicted molar refractivity (Wildman–Crippen MR) is 91.1 cm³/mol. The highest BCUT2D eigenvalue weighted by molar-refractivity contribution is 14.1. The van der Waals surface area contributed by atoms with Gasteiger partial charge in [0.15, 0.2) is 0 Å². The van der Waals surface area contributed by atoms with Crippen LogP contribution in [0.2, 0.25) is 0 Å². The molecule has 0 aromatic heterocycles. The van der Waals surface area contributed by atoms with Crippen LogP contribution in [0, 0.1) is 0 Å². The summed E-state index contributed by atoms with van der Waals surface area (Å²) in [7, 11) is 0. The van der Waals surface area contributed by atoms with Crippen molar-refractivity contribution in [1.29, 1.82) is 0 Å². The van der Waals surface area contributed by atoms with Gasteiger partial charge in [-0.2, -0.15) is 13.2 Å². The lowest BCUT2D eigenvalue weighted by molar-refractivity contribution is -0.137. The topological polar surface area (TPSA) is 0 Å². The van der Waals surface area contributed by atoms with Gasteiger partial charge in [0, 0.05) is 10.1 Å². The Bertz CT molecular complexity index is 578. The molecule has 1 aliphatic carbocycles. The second kappa shape index (κ2) is 7.86. The van der Waals surface area contributed by atoms with Gasteiger partial charge in [0.25, 0.3) is 0 Å². The van der Waals surface area contributed by atoms with E-state index in [2.05, 4.69) is 22.6 Å². The fourth-order valence-electron chi connectivity index (χ4n) is 2.18. The van der Waals surface area contributed by atoms with Crippen LogP contribution in [0.3, 0.4) is 0 Å². The van der Waals surface area contributed by atoms with E-state index in [0.717, 1.165) is 28.6 Å². The van der Waals surface area contributed by atoms with Gasteiger partial charge in [0.1, 0.15) is 5.83 Å². The first kappa shape index (κ1) is 17.8. The van der Waals surface area contributed by atoms with Crippen molar-refractivity contribution in [3.63, 3.8) is 0 Å². The van der Waals surface area contributed by atoms with Crippen LogP contribution in [0.5, 0.6) is 0 Å². The summed E-state index contributed by atoms with van der Waals surface area (Å²) in [5.41, 5.74) is 0.0496. The zero-order valence-electron chi connectivity index (χ0n) is 11.7. The van der Waals surface area contributed by atoms with E-state index < -0.39 is 11.7 Å². The quantitative estimate of drug-likeness (QED) is 0.283. The van der Waals surface area contributed by atoms with Crippen molar-refractivity contribution in [2.24, 2.45) is 0 Å². The molecule has 0 N–H and O–H groups in total. The van der Waals surface area contributed by atoms with Crippen LogP contribution in [0.4, 0.5) is 17.6 Å². The van der Waals surface area contributed by atoms with Gasteiger partial charge in [0.05, 0.1) is 5.56 Å². The normalized spacial score (nSPS) is 18.9. The average Bonchev–Trinajstić information content (AvgIpc) is 2.46.